The van der Waals surface area contributed by atoms with Gasteiger partial charge in [-0.25, -0.2) is 8.42 Å². The first-order valence-electron chi connectivity index (χ1n) is 14.8. The van der Waals surface area contributed by atoms with Gasteiger partial charge in [0.2, 0.25) is 5.91 Å². The standard InChI is InChI=1S/C32H39Cl2NO5S/c1-2-32(19-29(36)37)18-27(23-7-6-8-25(34)17-23)30(22-13-15-24(33)16-14-22)35(31(32)38)28(21-11-12-21)20-41(39,40)26-9-4-3-5-10-26/h6-8,13-17,21,26-28,30H,2-5,9-12,18-20H2,1H3,(H,36,37). The first kappa shape index (κ1) is 30.4. The molecule has 2 aromatic carbocycles. The molecule has 1 N–H and O–H groups in total. The molecule has 1 aliphatic heterocycles. The van der Waals surface area contributed by atoms with Crippen LogP contribution in [0.2, 0.25) is 10.0 Å². The zero-order chi connectivity index (χ0) is 29.4. The van der Waals surface area contributed by atoms with E-state index in [-0.39, 0.29) is 35.2 Å². The van der Waals surface area contributed by atoms with E-state index in [1.807, 2.05) is 42.2 Å². The molecule has 0 bridgehead atoms. The molecular formula is C32H39Cl2NO5S. The number of carboxylic acids is 1. The molecule has 222 valence electrons. The summed E-state index contributed by atoms with van der Waals surface area (Å²) in [5.41, 5.74) is 0.597. The maximum atomic E-state index is 14.8. The molecule has 0 aromatic heterocycles. The fourth-order valence-corrected chi connectivity index (χ4v) is 9.80. The van der Waals surface area contributed by atoms with Gasteiger partial charge < -0.3 is 10.0 Å². The van der Waals surface area contributed by atoms with Gasteiger partial charge in [0.15, 0.2) is 9.84 Å². The van der Waals surface area contributed by atoms with Crippen LogP contribution in [0.25, 0.3) is 0 Å². The zero-order valence-electron chi connectivity index (χ0n) is 23.5. The van der Waals surface area contributed by atoms with Gasteiger partial charge in [-0.3, -0.25) is 9.59 Å². The van der Waals surface area contributed by atoms with E-state index >= 15 is 0 Å². The van der Waals surface area contributed by atoms with E-state index in [9.17, 15) is 23.1 Å². The van der Waals surface area contributed by atoms with Crippen LogP contribution in [0.4, 0.5) is 0 Å². The minimum absolute atomic E-state index is 0.0598. The number of aliphatic carboxylic acids is 1. The predicted octanol–water partition coefficient (Wildman–Crippen LogP) is 7.45. The van der Waals surface area contributed by atoms with Gasteiger partial charge in [0.05, 0.1) is 28.9 Å². The van der Waals surface area contributed by atoms with Gasteiger partial charge in [0, 0.05) is 22.0 Å². The molecule has 5 rings (SSSR count). The number of rotatable bonds is 10. The Kier molecular flexibility index (Phi) is 9.08. The topological polar surface area (TPSA) is 91.8 Å². The first-order chi connectivity index (χ1) is 19.5. The number of benzene rings is 2. The maximum absolute atomic E-state index is 14.8. The number of carboxylic acid groups (broad SMARTS) is 1. The number of amides is 1. The smallest absolute Gasteiger partial charge is 0.304 e. The lowest BCUT2D eigenvalue weighted by Crippen LogP contribution is -2.59. The van der Waals surface area contributed by atoms with Crippen LogP contribution >= 0.6 is 23.2 Å². The van der Waals surface area contributed by atoms with E-state index in [4.69, 9.17) is 23.2 Å². The number of nitrogens with zero attached hydrogens (tertiary/aromatic N) is 1. The molecule has 3 fully saturated rings. The maximum Gasteiger partial charge on any atom is 0.304 e. The molecule has 0 spiro atoms. The Morgan fingerprint density at radius 1 is 1.00 bits per heavy atom. The lowest BCUT2D eigenvalue weighted by Gasteiger charge is -2.53. The summed E-state index contributed by atoms with van der Waals surface area (Å²) in [7, 11) is -3.48. The lowest BCUT2D eigenvalue weighted by molar-refractivity contribution is -0.162. The first-order valence-corrected chi connectivity index (χ1v) is 17.3. The monoisotopic (exact) mass is 619 g/mol. The van der Waals surface area contributed by atoms with Crippen molar-refractivity contribution in [2.75, 3.05) is 5.75 Å². The fourth-order valence-electron chi connectivity index (χ4n) is 7.24. The van der Waals surface area contributed by atoms with Crippen molar-refractivity contribution >= 4 is 44.9 Å². The number of carbonyl (C=O) groups excluding carboxylic acids is 1. The predicted molar refractivity (Wildman–Crippen MR) is 162 cm³/mol. The molecule has 4 atom stereocenters. The van der Waals surface area contributed by atoms with E-state index in [1.54, 1.807) is 18.2 Å². The van der Waals surface area contributed by atoms with Crippen LogP contribution in [-0.4, -0.2) is 47.3 Å². The Labute approximate surface area is 253 Å². The highest BCUT2D eigenvalue weighted by Gasteiger charge is 2.56. The molecule has 1 amide bonds. The average Bonchev–Trinajstić information content (AvgIpc) is 3.79. The van der Waals surface area contributed by atoms with Gasteiger partial charge in [0.25, 0.3) is 0 Å². The molecule has 6 nitrogen and oxygen atoms in total. The molecule has 2 saturated carbocycles. The Hall–Kier alpha value is -2.09. The Morgan fingerprint density at radius 3 is 2.27 bits per heavy atom. The molecule has 41 heavy (non-hydrogen) atoms. The quantitative estimate of drug-likeness (QED) is 0.298. The van der Waals surface area contributed by atoms with Crippen molar-refractivity contribution in [2.24, 2.45) is 11.3 Å². The van der Waals surface area contributed by atoms with Crippen LogP contribution in [-0.2, 0) is 19.4 Å². The van der Waals surface area contributed by atoms with Crippen molar-refractivity contribution in [2.45, 2.75) is 94.4 Å². The van der Waals surface area contributed by atoms with E-state index in [2.05, 4.69) is 0 Å². The van der Waals surface area contributed by atoms with E-state index in [1.165, 1.54) is 0 Å². The summed E-state index contributed by atoms with van der Waals surface area (Å²) in [5, 5.41) is 10.7. The largest absolute Gasteiger partial charge is 0.481 e. The second-order valence-electron chi connectivity index (χ2n) is 12.3. The van der Waals surface area contributed by atoms with Gasteiger partial charge in [-0.1, -0.05) is 73.7 Å². The molecule has 1 saturated heterocycles. The van der Waals surface area contributed by atoms with Crippen LogP contribution in [0.3, 0.4) is 0 Å². The number of carbonyl (C=O) groups is 2. The molecule has 2 aromatic rings. The summed E-state index contributed by atoms with van der Waals surface area (Å²) in [5.74, 6) is -1.60. The third kappa shape index (κ3) is 6.47. The Bertz CT molecular complexity index is 1370. The Balaban J connectivity index is 1.67. The molecule has 0 radical (unpaired) electrons. The van der Waals surface area contributed by atoms with Crippen molar-refractivity contribution in [1.29, 1.82) is 0 Å². The summed E-state index contributed by atoms with van der Waals surface area (Å²) < 4.78 is 27.8. The van der Waals surface area contributed by atoms with E-state index < -0.39 is 33.3 Å². The van der Waals surface area contributed by atoms with Crippen molar-refractivity contribution < 1.29 is 23.1 Å². The van der Waals surface area contributed by atoms with Crippen molar-refractivity contribution in [3.8, 4) is 0 Å². The SMILES string of the molecule is CCC1(CC(=O)O)CC(c2cccc(Cl)c2)C(c2ccc(Cl)cc2)N(C(CS(=O)(=O)C2CCCCC2)C2CC2)C1=O. The highest BCUT2D eigenvalue weighted by atomic mass is 35.5. The minimum atomic E-state index is -3.48. The van der Waals surface area contributed by atoms with E-state index in [0.29, 0.717) is 35.7 Å². The third-order valence-corrected chi connectivity index (χ3v) is 12.4. The van der Waals surface area contributed by atoms with Crippen LogP contribution < -0.4 is 0 Å². The number of piperidine rings is 1. The van der Waals surface area contributed by atoms with E-state index in [0.717, 1.165) is 43.2 Å². The third-order valence-electron chi connectivity index (χ3n) is 9.62. The number of sulfone groups is 1. The number of hydrogen-bond acceptors (Lipinski definition) is 4. The fraction of sp³-hybridized carbons (Fsp3) is 0.562. The summed E-state index contributed by atoms with van der Waals surface area (Å²) in [6.07, 6.45) is 6.24. The molecule has 3 aliphatic rings. The molecule has 4 unspecified atom stereocenters. The highest BCUT2D eigenvalue weighted by molar-refractivity contribution is 7.92. The zero-order valence-corrected chi connectivity index (χ0v) is 25.8. The normalized spacial score (nSPS) is 26.6. The summed E-state index contributed by atoms with van der Waals surface area (Å²) in [6, 6.07) is 13.9. The average molecular weight is 621 g/mol. The number of halogens is 2. The molecular weight excluding hydrogens is 581 g/mol. The van der Waals surface area contributed by atoms with Gasteiger partial charge in [-0.05, 0) is 79.8 Å². The summed E-state index contributed by atoms with van der Waals surface area (Å²) in [6.45, 7) is 1.86. The van der Waals surface area contributed by atoms with Gasteiger partial charge in [-0.2, -0.15) is 0 Å². The summed E-state index contributed by atoms with van der Waals surface area (Å²) in [4.78, 5) is 28.8. The lowest BCUT2D eigenvalue weighted by atomic mass is 9.65. The second kappa shape index (κ2) is 12.3. The van der Waals surface area contributed by atoms with Gasteiger partial charge >= 0.3 is 5.97 Å². The number of hydrogen-bond donors (Lipinski definition) is 1. The van der Waals surface area contributed by atoms with Crippen LogP contribution in [0.1, 0.15) is 94.2 Å². The van der Waals surface area contributed by atoms with Crippen molar-refractivity contribution in [3.05, 3.63) is 69.7 Å². The molecule has 1 heterocycles. The van der Waals surface area contributed by atoms with Crippen LogP contribution in [0, 0.1) is 11.3 Å². The summed E-state index contributed by atoms with van der Waals surface area (Å²) >= 11 is 12.7. The van der Waals surface area contributed by atoms with Crippen LogP contribution in [0.15, 0.2) is 48.5 Å². The highest BCUT2D eigenvalue weighted by Crippen LogP contribution is 2.55. The van der Waals surface area contributed by atoms with Crippen LogP contribution in [0.5, 0.6) is 0 Å². The Morgan fingerprint density at radius 2 is 1.68 bits per heavy atom. The molecule has 2 aliphatic carbocycles. The van der Waals surface area contributed by atoms with Crippen molar-refractivity contribution in [3.63, 3.8) is 0 Å². The second-order valence-corrected chi connectivity index (χ2v) is 15.5. The van der Waals surface area contributed by atoms with Gasteiger partial charge in [-0.15, -0.1) is 0 Å². The van der Waals surface area contributed by atoms with Crippen molar-refractivity contribution in [1.82, 2.24) is 4.90 Å². The number of likely N-dealkylation sites (tertiary alicyclic amines) is 1. The minimum Gasteiger partial charge on any atom is -0.481 e. The van der Waals surface area contributed by atoms with Gasteiger partial charge in [0.1, 0.15) is 0 Å². The molecule has 9 heteroatoms.